The zero-order chi connectivity index (χ0) is 25.8. The van der Waals surface area contributed by atoms with Gasteiger partial charge >= 0.3 is 0 Å². The third-order valence-corrected chi connectivity index (χ3v) is 6.48. The van der Waals surface area contributed by atoms with E-state index in [1.54, 1.807) is 6.20 Å². The van der Waals surface area contributed by atoms with E-state index in [1.807, 2.05) is 105 Å². The molecule has 0 aliphatic heterocycles. The Hall–Kier alpha value is -4.13. The molecule has 188 valence electrons. The molecular weight excluding hydrogens is 462 g/mol. The molecule has 0 saturated carbocycles. The lowest BCUT2D eigenvalue weighted by molar-refractivity contribution is 0.0820. The molecule has 2 N–H and O–H groups in total. The van der Waals surface area contributed by atoms with Gasteiger partial charge in [0, 0.05) is 24.0 Å². The molecule has 0 aliphatic carbocycles. The topological polar surface area (TPSA) is 70.8 Å². The number of nitrogens with one attached hydrogen (secondary N) is 1. The normalized spacial score (nSPS) is 13.0. The number of hydrogen-bond donors (Lipinski definition) is 2. The summed E-state index contributed by atoms with van der Waals surface area (Å²) in [5.74, 6) is 1.42. The van der Waals surface area contributed by atoms with Gasteiger partial charge in [0.1, 0.15) is 17.7 Å². The molecule has 5 aromatic rings. The number of ether oxygens (including phenoxy) is 1. The number of aromatic nitrogens is 1. The standard InChI is InChI=1S/C31H31N3O3/c1-21(34(2)3)36-27-17-11-10-16-24(27)30-28(23-14-8-5-9-15-23)29-25(18-19-32-31(29)37-30)33-20-26(35)22-12-6-4-7-13-22/h4-19,21,26,35H,20H2,1-3H3,(H,32,33). The maximum Gasteiger partial charge on any atom is 0.229 e. The third-order valence-electron chi connectivity index (χ3n) is 6.48. The molecule has 2 aromatic heterocycles. The average molecular weight is 494 g/mol. The number of hydrogen-bond acceptors (Lipinski definition) is 6. The molecule has 0 amide bonds. The van der Waals surface area contributed by atoms with Crippen LogP contribution in [0.3, 0.4) is 0 Å². The number of furan rings is 1. The van der Waals surface area contributed by atoms with Crippen LogP contribution in [0.15, 0.2) is 102 Å². The van der Waals surface area contributed by atoms with Crippen LogP contribution in [0.2, 0.25) is 0 Å². The van der Waals surface area contributed by atoms with E-state index >= 15 is 0 Å². The average Bonchev–Trinajstić information content (AvgIpc) is 3.33. The lowest BCUT2D eigenvalue weighted by Gasteiger charge is -2.22. The van der Waals surface area contributed by atoms with Crippen LogP contribution < -0.4 is 10.1 Å². The predicted octanol–water partition coefficient (Wildman–Crippen LogP) is 6.59. The number of nitrogens with zero attached hydrogens (tertiary/aromatic N) is 2. The van der Waals surface area contributed by atoms with Crippen LogP contribution in [0.5, 0.6) is 5.75 Å². The maximum atomic E-state index is 10.8. The molecule has 2 atom stereocenters. The summed E-state index contributed by atoms with van der Waals surface area (Å²) in [5.41, 5.74) is 5.00. The Labute approximate surface area is 217 Å². The molecule has 6 heteroatoms. The second-order valence-electron chi connectivity index (χ2n) is 9.20. The fraction of sp³-hybridized carbons (Fsp3) is 0.194. The van der Waals surface area contributed by atoms with E-state index in [0.717, 1.165) is 39.1 Å². The lowest BCUT2D eigenvalue weighted by Crippen LogP contribution is -2.30. The molecular formula is C31H31N3O3. The van der Waals surface area contributed by atoms with Crippen molar-refractivity contribution in [2.45, 2.75) is 19.3 Å². The van der Waals surface area contributed by atoms with E-state index in [2.05, 4.69) is 22.4 Å². The first kappa shape index (κ1) is 24.6. The van der Waals surface area contributed by atoms with Gasteiger partial charge in [0.05, 0.1) is 17.1 Å². The van der Waals surface area contributed by atoms with E-state index in [0.29, 0.717) is 18.0 Å². The van der Waals surface area contributed by atoms with Gasteiger partial charge in [-0.25, -0.2) is 4.98 Å². The smallest absolute Gasteiger partial charge is 0.229 e. The molecule has 6 nitrogen and oxygen atoms in total. The van der Waals surface area contributed by atoms with Gasteiger partial charge in [0.25, 0.3) is 0 Å². The Bertz CT molecular complexity index is 1470. The van der Waals surface area contributed by atoms with Crippen molar-refractivity contribution in [3.05, 3.63) is 103 Å². The summed E-state index contributed by atoms with van der Waals surface area (Å²) < 4.78 is 12.8. The first-order valence-corrected chi connectivity index (χ1v) is 12.4. The largest absolute Gasteiger partial charge is 0.475 e. The fourth-order valence-electron chi connectivity index (χ4n) is 4.29. The van der Waals surface area contributed by atoms with Gasteiger partial charge in [-0.3, -0.25) is 4.90 Å². The minimum absolute atomic E-state index is 0.125. The van der Waals surface area contributed by atoms with Crippen LogP contribution in [0.25, 0.3) is 33.6 Å². The Kier molecular flexibility index (Phi) is 7.21. The van der Waals surface area contributed by atoms with Gasteiger partial charge in [0.15, 0.2) is 0 Å². The molecule has 37 heavy (non-hydrogen) atoms. The number of para-hydroxylation sites is 1. The minimum Gasteiger partial charge on any atom is -0.475 e. The lowest BCUT2D eigenvalue weighted by atomic mass is 9.98. The van der Waals surface area contributed by atoms with Crippen LogP contribution in [0.1, 0.15) is 18.6 Å². The summed E-state index contributed by atoms with van der Waals surface area (Å²) in [5, 5.41) is 15.1. The summed E-state index contributed by atoms with van der Waals surface area (Å²) in [6.45, 7) is 2.35. The molecule has 0 radical (unpaired) electrons. The van der Waals surface area contributed by atoms with Gasteiger partial charge in [-0.2, -0.15) is 0 Å². The molecule has 3 aromatic carbocycles. The van der Waals surface area contributed by atoms with Crippen molar-refractivity contribution >= 4 is 16.8 Å². The van der Waals surface area contributed by atoms with E-state index in [-0.39, 0.29) is 6.23 Å². The van der Waals surface area contributed by atoms with Crippen molar-refractivity contribution in [3.63, 3.8) is 0 Å². The summed E-state index contributed by atoms with van der Waals surface area (Å²) in [7, 11) is 3.96. The molecule has 5 rings (SSSR count). The molecule has 0 spiro atoms. The van der Waals surface area contributed by atoms with Gasteiger partial charge in [-0.1, -0.05) is 72.8 Å². The Morgan fingerprint density at radius 1 is 0.919 bits per heavy atom. The zero-order valence-corrected chi connectivity index (χ0v) is 21.3. The van der Waals surface area contributed by atoms with Gasteiger partial charge < -0.3 is 19.6 Å². The molecule has 0 aliphatic rings. The first-order valence-electron chi connectivity index (χ1n) is 12.4. The minimum atomic E-state index is -0.655. The second kappa shape index (κ2) is 10.9. The SMILES string of the molecule is CC(Oc1ccccc1-c1oc2nccc(NCC(O)c3ccccc3)c2c1-c1ccccc1)N(C)C. The Balaban J connectivity index is 1.62. The van der Waals surface area contributed by atoms with Crippen LogP contribution in [0.4, 0.5) is 5.69 Å². The number of aliphatic hydroxyl groups excluding tert-OH is 1. The quantitative estimate of drug-likeness (QED) is 0.226. The van der Waals surface area contributed by atoms with Crippen molar-refractivity contribution in [1.82, 2.24) is 9.88 Å². The van der Waals surface area contributed by atoms with Crippen molar-refractivity contribution < 1.29 is 14.3 Å². The highest BCUT2D eigenvalue weighted by molar-refractivity contribution is 6.07. The Morgan fingerprint density at radius 2 is 1.59 bits per heavy atom. The van der Waals surface area contributed by atoms with E-state index in [4.69, 9.17) is 9.15 Å². The highest BCUT2D eigenvalue weighted by Gasteiger charge is 2.24. The van der Waals surface area contributed by atoms with Crippen LogP contribution in [0, 0.1) is 0 Å². The number of aliphatic hydroxyl groups is 1. The highest BCUT2D eigenvalue weighted by atomic mass is 16.5. The molecule has 0 fully saturated rings. The number of rotatable bonds is 9. The van der Waals surface area contributed by atoms with Gasteiger partial charge in [-0.15, -0.1) is 0 Å². The summed E-state index contributed by atoms with van der Waals surface area (Å²) in [4.78, 5) is 6.57. The van der Waals surface area contributed by atoms with Crippen molar-refractivity contribution in [2.75, 3.05) is 26.0 Å². The molecule has 2 unspecified atom stereocenters. The number of benzene rings is 3. The van der Waals surface area contributed by atoms with Gasteiger partial charge in [-0.05, 0) is 50.3 Å². The molecule has 0 bridgehead atoms. The monoisotopic (exact) mass is 493 g/mol. The van der Waals surface area contributed by atoms with E-state index in [9.17, 15) is 5.11 Å². The van der Waals surface area contributed by atoms with E-state index in [1.165, 1.54) is 0 Å². The van der Waals surface area contributed by atoms with Crippen LogP contribution in [-0.4, -0.2) is 41.9 Å². The van der Waals surface area contributed by atoms with Crippen molar-refractivity contribution in [1.29, 1.82) is 0 Å². The second-order valence-corrected chi connectivity index (χ2v) is 9.20. The van der Waals surface area contributed by atoms with Gasteiger partial charge in [0.2, 0.25) is 5.71 Å². The predicted molar refractivity (Wildman–Crippen MR) is 149 cm³/mol. The third kappa shape index (κ3) is 5.21. The van der Waals surface area contributed by atoms with Crippen molar-refractivity contribution in [3.8, 4) is 28.2 Å². The Morgan fingerprint density at radius 3 is 2.32 bits per heavy atom. The summed E-state index contributed by atoms with van der Waals surface area (Å²) in [6.07, 6.45) is 0.941. The number of pyridine rings is 1. The number of fused-ring (bicyclic) bond motifs is 1. The summed E-state index contributed by atoms with van der Waals surface area (Å²) in [6, 6.07) is 29.6. The fourth-order valence-corrected chi connectivity index (χ4v) is 4.29. The number of anilines is 1. The highest BCUT2D eigenvalue weighted by Crippen LogP contribution is 2.45. The maximum absolute atomic E-state index is 10.8. The van der Waals surface area contributed by atoms with Crippen LogP contribution in [-0.2, 0) is 0 Å². The van der Waals surface area contributed by atoms with E-state index < -0.39 is 6.10 Å². The van der Waals surface area contributed by atoms with Crippen molar-refractivity contribution in [2.24, 2.45) is 0 Å². The first-order chi connectivity index (χ1) is 18.0. The zero-order valence-electron chi connectivity index (χ0n) is 21.3. The summed E-state index contributed by atoms with van der Waals surface area (Å²) >= 11 is 0. The van der Waals surface area contributed by atoms with Crippen LogP contribution >= 0.6 is 0 Å². The molecule has 2 heterocycles. The molecule has 0 saturated heterocycles.